The highest BCUT2D eigenvalue weighted by Crippen LogP contribution is 2.27. The first-order valence-electron chi connectivity index (χ1n) is 11.2. The van der Waals surface area contributed by atoms with E-state index < -0.39 is 0 Å². The molecule has 0 spiro atoms. The van der Waals surface area contributed by atoms with Crippen LogP contribution in [0, 0.1) is 5.92 Å². The molecule has 0 N–H and O–H groups in total. The molecule has 0 aromatic heterocycles. The topological polar surface area (TPSA) is 43.9 Å². The molecule has 0 saturated carbocycles. The molecule has 0 atom stereocenters. The Labute approximate surface area is 182 Å². The average molecular weight is 462 g/mol. The van der Waals surface area contributed by atoms with E-state index >= 15 is 0 Å². The van der Waals surface area contributed by atoms with E-state index in [1.807, 2.05) is 29.2 Å². The van der Waals surface area contributed by atoms with Gasteiger partial charge in [-0.2, -0.15) is 0 Å². The summed E-state index contributed by atoms with van der Waals surface area (Å²) in [4.78, 5) is 32.3. The van der Waals surface area contributed by atoms with Gasteiger partial charge in [0.25, 0.3) is 5.91 Å². The van der Waals surface area contributed by atoms with E-state index in [2.05, 4.69) is 25.7 Å². The van der Waals surface area contributed by atoms with Crippen molar-refractivity contribution in [2.75, 3.05) is 39.3 Å². The fourth-order valence-corrected chi connectivity index (χ4v) is 5.58. The lowest BCUT2D eigenvalue weighted by atomic mass is 9.91. The Balaban J connectivity index is 1.24. The average Bonchev–Trinajstić information content (AvgIpc) is 2.79. The van der Waals surface area contributed by atoms with E-state index in [0.29, 0.717) is 11.9 Å². The van der Waals surface area contributed by atoms with Crippen molar-refractivity contribution in [3.63, 3.8) is 0 Å². The second-order valence-electron chi connectivity index (χ2n) is 8.70. The van der Waals surface area contributed by atoms with Crippen LogP contribution in [0.3, 0.4) is 0 Å². The maximum Gasteiger partial charge on any atom is 0.254 e. The summed E-state index contributed by atoms with van der Waals surface area (Å²) in [6, 6.07) is 8.22. The van der Waals surface area contributed by atoms with Gasteiger partial charge >= 0.3 is 0 Å². The number of nitrogens with zero attached hydrogens (tertiary/aromatic N) is 3. The molecule has 3 saturated heterocycles. The van der Waals surface area contributed by atoms with Crippen LogP contribution in [0.2, 0.25) is 0 Å². The number of carbonyl (C=O) groups is 2. The Kier molecular flexibility index (Phi) is 6.91. The fourth-order valence-electron chi connectivity index (χ4n) is 5.12. The minimum absolute atomic E-state index is 0.127. The smallest absolute Gasteiger partial charge is 0.254 e. The number of hydrogen-bond acceptors (Lipinski definition) is 3. The van der Waals surface area contributed by atoms with E-state index in [4.69, 9.17) is 0 Å². The summed E-state index contributed by atoms with van der Waals surface area (Å²) in [7, 11) is 0. The van der Waals surface area contributed by atoms with Crippen molar-refractivity contribution in [1.82, 2.24) is 14.7 Å². The van der Waals surface area contributed by atoms with Gasteiger partial charge in [-0.15, -0.1) is 0 Å². The summed E-state index contributed by atoms with van der Waals surface area (Å²) in [5, 5.41) is 0. The van der Waals surface area contributed by atoms with Crippen molar-refractivity contribution in [1.29, 1.82) is 0 Å². The first-order chi connectivity index (χ1) is 14.1. The van der Waals surface area contributed by atoms with E-state index in [0.717, 1.165) is 75.0 Å². The Morgan fingerprint density at radius 3 is 2.10 bits per heavy atom. The molecule has 29 heavy (non-hydrogen) atoms. The van der Waals surface area contributed by atoms with Crippen LogP contribution in [0.25, 0.3) is 0 Å². The van der Waals surface area contributed by atoms with Crippen LogP contribution in [0.5, 0.6) is 0 Å². The molecule has 5 nitrogen and oxygen atoms in total. The van der Waals surface area contributed by atoms with Crippen molar-refractivity contribution in [2.24, 2.45) is 5.92 Å². The first kappa shape index (κ1) is 20.9. The van der Waals surface area contributed by atoms with Crippen LogP contribution < -0.4 is 0 Å². The van der Waals surface area contributed by atoms with Crippen LogP contribution in [-0.2, 0) is 4.79 Å². The third-order valence-corrected chi connectivity index (χ3v) is 7.61. The molecule has 6 heteroatoms. The van der Waals surface area contributed by atoms with Crippen LogP contribution >= 0.6 is 15.9 Å². The lowest BCUT2D eigenvalue weighted by Gasteiger charge is -2.42. The van der Waals surface area contributed by atoms with Gasteiger partial charge in [-0.3, -0.25) is 9.59 Å². The predicted octanol–water partition coefficient (Wildman–Crippen LogP) is 3.78. The molecule has 1 aromatic rings. The predicted molar refractivity (Wildman–Crippen MR) is 118 cm³/mol. The van der Waals surface area contributed by atoms with E-state index in [1.54, 1.807) is 0 Å². The quantitative estimate of drug-likeness (QED) is 0.687. The summed E-state index contributed by atoms with van der Waals surface area (Å²) in [6.07, 6.45) is 7.65. The van der Waals surface area contributed by atoms with Gasteiger partial charge in [-0.05, 0) is 86.1 Å². The standard InChI is InChI=1S/C23H32BrN3O2/c24-21-7-3-2-6-20(21)23(29)27-16-10-19(11-17-27)25-14-8-18(9-15-25)22(28)26-12-4-1-5-13-26/h2-3,6-7,18-19H,1,4-5,8-17H2. The minimum atomic E-state index is 0.127. The maximum absolute atomic E-state index is 12.8. The largest absolute Gasteiger partial charge is 0.342 e. The molecule has 3 fully saturated rings. The lowest BCUT2D eigenvalue weighted by molar-refractivity contribution is -0.138. The van der Waals surface area contributed by atoms with Crippen LogP contribution in [-0.4, -0.2) is 71.8 Å². The Bertz CT molecular complexity index is 719. The van der Waals surface area contributed by atoms with E-state index in [1.165, 1.54) is 19.3 Å². The molecule has 0 unspecified atom stereocenters. The highest BCUT2D eigenvalue weighted by Gasteiger charge is 2.33. The molecule has 0 aliphatic carbocycles. The maximum atomic E-state index is 12.8. The fraction of sp³-hybridized carbons (Fsp3) is 0.652. The number of carbonyl (C=O) groups excluding carboxylic acids is 2. The van der Waals surface area contributed by atoms with E-state index in [-0.39, 0.29) is 11.8 Å². The Morgan fingerprint density at radius 1 is 0.793 bits per heavy atom. The number of rotatable bonds is 3. The third kappa shape index (κ3) is 4.85. The summed E-state index contributed by atoms with van der Waals surface area (Å²) in [5.41, 5.74) is 0.753. The van der Waals surface area contributed by atoms with Gasteiger partial charge in [0.1, 0.15) is 0 Å². The molecule has 3 heterocycles. The lowest BCUT2D eigenvalue weighted by Crippen LogP contribution is -2.50. The van der Waals surface area contributed by atoms with Gasteiger partial charge in [0.2, 0.25) is 5.91 Å². The second-order valence-corrected chi connectivity index (χ2v) is 9.55. The highest BCUT2D eigenvalue weighted by atomic mass is 79.9. The SMILES string of the molecule is O=C(c1ccccc1Br)N1CCC(N2CCC(C(=O)N3CCCCC3)CC2)CC1. The van der Waals surface area contributed by atoms with E-state index in [9.17, 15) is 9.59 Å². The van der Waals surface area contributed by atoms with Crippen LogP contribution in [0.1, 0.15) is 55.3 Å². The van der Waals surface area contributed by atoms with Gasteiger partial charge < -0.3 is 14.7 Å². The molecule has 0 radical (unpaired) electrons. The molecule has 4 rings (SSSR count). The summed E-state index contributed by atoms with van der Waals surface area (Å²) >= 11 is 3.50. The number of benzene rings is 1. The molecule has 3 aliphatic rings. The first-order valence-corrected chi connectivity index (χ1v) is 12.0. The summed E-state index contributed by atoms with van der Waals surface area (Å²) in [6.45, 7) is 5.60. The zero-order valence-electron chi connectivity index (χ0n) is 17.2. The van der Waals surface area contributed by atoms with Crippen molar-refractivity contribution >= 4 is 27.7 Å². The number of piperidine rings is 3. The van der Waals surface area contributed by atoms with Gasteiger partial charge in [-0.1, -0.05) is 12.1 Å². The van der Waals surface area contributed by atoms with Crippen molar-refractivity contribution in [3.05, 3.63) is 34.3 Å². The molecule has 0 bridgehead atoms. The third-order valence-electron chi connectivity index (χ3n) is 6.92. The second kappa shape index (κ2) is 9.61. The molecular formula is C23H32BrN3O2. The van der Waals surface area contributed by atoms with Crippen LogP contribution in [0.15, 0.2) is 28.7 Å². The zero-order valence-corrected chi connectivity index (χ0v) is 18.8. The summed E-state index contributed by atoms with van der Waals surface area (Å²) < 4.78 is 0.868. The zero-order chi connectivity index (χ0) is 20.2. The van der Waals surface area contributed by atoms with Gasteiger partial charge in [-0.25, -0.2) is 0 Å². The Morgan fingerprint density at radius 2 is 1.45 bits per heavy atom. The van der Waals surface area contributed by atoms with Gasteiger partial charge in [0.15, 0.2) is 0 Å². The van der Waals surface area contributed by atoms with Crippen LogP contribution in [0.4, 0.5) is 0 Å². The molecule has 1 aromatic carbocycles. The Hall–Kier alpha value is -1.40. The van der Waals surface area contributed by atoms with Gasteiger partial charge in [0, 0.05) is 42.6 Å². The molecular weight excluding hydrogens is 430 g/mol. The monoisotopic (exact) mass is 461 g/mol. The van der Waals surface area contributed by atoms with Gasteiger partial charge in [0.05, 0.1) is 5.56 Å². The number of hydrogen-bond donors (Lipinski definition) is 0. The minimum Gasteiger partial charge on any atom is -0.342 e. The molecule has 2 amide bonds. The van der Waals surface area contributed by atoms with Crippen molar-refractivity contribution in [3.8, 4) is 0 Å². The number of likely N-dealkylation sites (tertiary alicyclic amines) is 3. The number of halogens is 1. The molecule has 3 aliphatic heterocycles. The number of amides is 2. The highest BCUT2D eigenvalue weighted by molar-refractivity contribution is 9.10. The van der Waals surface area contributed by atoms with Crippen molar-refractivity contribution in [2.45, 2.75) is 51.0 Å². The molecule has 158 valence electrons. The van der Waals surface area contributed by atoms with Crippen molar-refractivity contribution < 1.29 is 9.59 Å². The normalized spacial score (nSPS) is 22.7. The summed E-state index contributed by atoms with van der Waals surface area (Å²) in [5.74, 6) is 0.751.